The molecule has 0 unspecified atom stereocenters. The van der Waals surface area contributed by atoms with Gasteiger partial charge in [-0.15, -0.1) is 0 Å². The van der Waals surface area contributed by atoms with Gasteiger partial charge in [-0.3, -0.25) is 14.8 Å². The molecule has 3 aliphatic rings. The molecular formula is C40H40BrF2N9O. The molecule has 2 aromatic heterocycles. The topological polar surface area (TPSA) is 114 Å². The van der Waals surface area contributed by atoms with Gasteiger partial charge in [-0.05, 0) is 124 Å². The summed E-state index contributed by atoms with van der Waals surface area (Å²) in [6.45, 7) is 8.10. The molecule has 2 aliphatic carbocycles. The number of amidine groups is 2. The fourth-order valence-corrected chi connectivity index (χ4v) is 7.31. The van der Waals surface area contributed by atoms with Gasteiger partial charge >= 0.3 is 0 Å². The largest absolute Gasteiger partial charge is 0.325 e. The third-order valence-corrected chi connectivity index (χ3v) is 10.5. The first-order chi connectivity index (χ1) is 25.5. The molecule has 2 fully saturated rings. The normalized spacial score (nSPS) is 18.8. The molecular weight excluding hydrogens is 740 g/mol. The van der Waals surface area contributed by atoms with Crippen LogP contribution in [-0.2, 0) is 10.2 Å². The van der Waals surface area contributed by atoms with E-state index in [1.807, 2.05) is 55.3 Å². The van der Waals surface area contributed by atoms with Crippen LogP contribution in [0.5, 0.6) is 0 Å². The summed E-state index contributed by atoms with van der Waals surface area (Å²) in [6.07, 6.45) is 7.31. The molecule has 53 heavy (non-hydrogen) atoms. The average Bonchev–Trinajstić information content (AvgIpc) is 4.02. The second-order valence-electron chi connectivity index (χ2n) is 14.4. The number of aliphatic imine (C=N–C) groups is 2. The minimum Gasteiger partial charge on any atom is -0.325 e. The number of hydrogen-bond donors (Lipinski definition) is 3. The predicted molar refractivity (Wildman–Crippen MR) is 207 cm³/mol. The summed E-state index contributed by atoms with van der Waals surface area (Å²) in [6, 6.07) is 18.3. The molecule has 13 heteroatoms. The standard InChI is InChI=1S/C40H40BrF2N9O/c1-22(2)51-37(49-35(46-28-16-17-28)24-8-12-26(42)13-9-24)31(20-44-51)40(30-6-5-7-33(41)34(30)48-39(40)53)32-21-45-52(23(3)4)38(32)50-36(47-29-18-19-29)25-10-14-27(43)15-11-25/h5-15,20-23,28-29H,16-19H2,1-4H3,(H,46,49)(H,47,50)(H,48,53). The molecule has 0 saturated heterocycles. The van der Waals surface area contributed by atoms with Crippen LogP contribution in [0.2, 0.25) is 0 Å². The number of benzene rings is 3. The minimum absolute atomic E-state index is 0.114. The Hall–Kier alpha value is -5.17. The van der Waals surface area contributed by atoms with Crippen LogP contribution in [-0.4, -0.2) is 49.2 Å². The lowest BCUT2D eigenvalue weighted by Gasteiger charge is -2.30. The molecule has 0 bridgehead atoms. The van der Waals surface area contributed by atoms with E-state index in [2.05, 4.69) is 31.9 Å². The Kier molecular flexibility index (Phi) is 9.00. The van der Waals surface area contributed by atoms with Gasteiger partial charge in [-0.1, -0.05) is 12.1 Å². The number of fused-ring (bicyclic) bond motifs is 1. The number of nitrogens with one attached hydrogen (secondary N) is 3. The summed E-state index contributed by atoms with van der Waals surface area (Å²) >= 11 is 3.70. The van der Waals surface area contributed by atoms with Crippen LogP contribution in [0.15, 0.2) is 93.6 Å². The van der Waals surface area contributed by atoms with Gasteiger partial charge in [0.15, 0.2) is 0 Å². The van der Waals surface area contributed by atoms with Crippen molar-refractivity contribution in [2.45, 2.75) is 83.0 Å². The van der Waals surface area contributed by atoms with Gasteiger partial charge in [0.25, 0.3) is 0 Å². The van der Waals surface area contributed by atoms with Gasteiger partial charge in [-0.25, -0.2) is 18.1 Å². The van der Waals surface area contributed by atoms with Crippen LogP contribution in [0.1, 0.15) is 93.3 Å². The highest BCUT2D eigenvalue weighted by Crippen LogP contribution is 2.54. The van der Waals surface area contributed by atoms with Crippen LogP contribution >= 0.6 is 15.9 Å². The van der Waals surface area contributed by atoms with E-state index in [1.165, 1.54) is 24.3 Å². The third-order valence-electron chi connectivity index (χ3n) is 9.80. The fourth-order valence-electron chi connectivity index (χ4n) is 6.85. The van der Waals surface area contributed by atoms with Gasteiger partial charge in [0, 0.05) is 44.4 Å². The van der Waals surface area contributed by atoms with Crippen molar-refractivity contribution >= 4 is 50.8 Å². The van der Waals surface area contributed by atoms with E-state index in [9.17, 15) is 8.78 Å². The molecule has 3 heterocycles. The van der Waals surface area contributed by atoms with Gasteiger partial charge in [-0.2, -0.15) is 10.2 Å². The molecule has 3 N–H and O–H groups in total. The summed E-state index contributed by atoms with van der Waals surface area (Å²) in [5, 5.41) is 20.2. The summed E-state index contributed by atoms with van der Waals surface area (Å²) in [4.78, 5) is 25.2. The number of rotatable bonds is 10. The molecule has 10 nitrogen and oxygen atoms in total. The molecule has 0 radical (unpaired) electrons. The molecule has 272 valence electrons. The second kappa shape index (κ2) is 13.7. The van der Waals surface area contributed by atoms with Crippen molar-refractivity contribution in [2.75, 3.05) is 16.0 Å². The van der Waals surface area contributed by atoms with Crippen molar-refractivity contribution in [3.63, 3.8) is 0 Å². The highest BCUT2D eigenvalue weighted by Gasteiger charge is 2.55. The van der Waals surface area contributed by atoms with E-state index in [1.54, 1.807) is 36.7 Å². The first kappa shape index (κ1) is 34.9. The van der Waals surface area contributed by atoms with Crippen molar-refractivity contribution in [1.29, 1.82) is 0 Å². The Bertz CT molecular complexity index is 2120. The third kappa shape index (κ3) is 6.45. The number of carbonyl (C=O) groups excluding carboxylic acids is 1. The predicted octanol–water partition coefficient (Wildman–Crippen LogP) is 8.61. The van der Waals surface area contributed by atoms with Crippen LogP contribution in [0.4, 0.5) is 26.1 Å². The van der Waals surface area contributed by atoms with Crippen LogP contribution in [0, 0.1) is 11.6 Å². The molecule has 1 amide bonds. The maximum absolute atomic E-state index is 15.1. The zero-order valence-corrected chi connectivity index (χ0v) is 31.5. The number of anilines is 3. The molecule has 5 aromatic rings. The summed E-state index contributed by atoms with van der Waals surface area (Å²) < 4.78 is 32.7. The second-order valence-corrected chi connectivity index (χ2v) is 15.3. The molecule has 1 aliphatic heterocycles. The van der Waals surface area contributed by atoms with Gasteiger partial charge in [0.2, 0.25) is 5.91 Å². The van der Waals surface area contributed by atoms with Gasteiger partial charge in [0.1, 0.15) is 40.4 Å². The van der Waals surface area contributed by atoms with E-state index in [0.29, 0.717) is 56.8 Å². The van der Waals surface area contributed by atoms with Crippen molar-refractivity contribution in [3.8, 4) is 0 Å². The first-order valence-electron chi connectivity index (χ1n) is 18.0. The average molecular weight is 781 g/mol. The number of carbonyl (C=O) groups is 1. The van der Waals surface area contributed by atoms with Crippen LogP contribution in [0.25, 0.3) is 0 Å². The van der Waals surface area contributed by atoms with Crippen molar-refractivity contribution in [2.24, 2.45) is 9.98 Å². The summed E-state index contributed by atoms with van der Waals surface area (Å²) in [5.41, 5.74) is 2.46. The molecule has 3 aromatic carbocycles. The van der Waals surface area contributed by atoms with Crippen LogP contribution < -0.4 is 16.0 Å². The molecule has 0 atom stereocenters. The quantitative estimate of drug-likeness (QED) is 0.0971. The van der Waals surface area contributed by atoms with E-state index in [4.69, 9.17) is 20.2 Å². The molecule has 8 rings (SSSR count). The van der Waals surface area contributed by atoms with E-state index in [-0.39, 0.29) is 41.7 Å². The lowest BCUT2D eigenvalue weighted by atomic mass is 9.71. The van der Waals surface area contributed by atoms with Gasteiger partial charge in [0.05, 0.1) is 30.2 Å². The van der Waals surface area contributed by atoms with Crippen molar-refractivity contribution < 1.29 is 13.6 Å². The Morgan fingerprint density at radius 1 is 0.755 bits per heavy atom. The number of nitrogens with zero attached hydrogens (tertiary/aromatic N) is 6. The zero-order chi connectivity index (χ0) is 37.0. The maximum Gasteiger partial charge on any atom is 0.244 e. The Balaban J connectivity index is 1.37. The number of para-hydroxylation sites is 1. The molecule has 0 spiro atoms. The van der Waals surface area contributed by atoms with E-state index in [0.717, 1.165) is 30.2 Å². The number of hydrogen-bond acceptors (Lipinski definition) is 5. The van der Waals surface area contributed by atoms with Crippen LogP contribution in [0.3, 0.4) is 0 Å². The van der Waals surface area contributed by atoms with E-state index < -0.39 is 5.41 Å². The smallest absolute Gasteiger partial charge is 0.244 e. The zero-order valence-electron chi connectivity index (χ0n) is 29.9. The SMILES string of the molecule is CC(C)n1ncc(C2(c3cnn(C(C)C)c3NC(=NC3CC3)c3ccc(F)cc3)C(=O)Nc3c(Br)cccc32)c1NC(=NC1CC1)c1ccc(F)cc1. The Morgan fingerprint density at radius 2 is 1.21 bits per heavy atom. The highest BCUT2D eigenvalue weighted by molar-refractivity contribution is 9.10. The van der Waals surface area contributed by atoms with Crippen molar-refractivity contribution in [3.05, 3.63) is 123 Å². The molecule has 2 saturated carbocycles. The lowest BCUT2D eigenvalue weighted by molar-refractivity contribution is -0.118. The van der Waals surface area contributed by atoms with Crippen molar-refractivity contribution in [1.82, 2.24) is 19.6 Å². The minimum atomic E-state index is -1.48. The monoisotopic (exact) mass is 779 g/mol. The maximum atomic E-state index is 15.1. The first-order valence-corrected chi connectivity index (χ1v) is 18.8. The number of aromatic nitrogens is 4. The lowest BCUT2D eigenvalue weighted by Crippen LogP contribution is -2.39. The summed E-state index contributed by atoms with van der Waals surface area (Å²) in [5.74, 6) is 1.28. The number of halogens is 3. The Labute approximate surface area is 314 Å². The fraction of sp³-hybridized carbons (Fsp3) is 0.325. The van der Waals surface area contributed by atoms with Gasteiger partial charge < -0.3 is 16.0 Å². The Morgan fingerprint density at radius 3 is 1.62 bits per heavy atom. The number of amides is 1. The van der Waals surface area contributed by atoms with E-state index >= 15 is 4.79 Å². The summed E-state index contributed by atoms with van der Waals surface area (Å²) in [7, 11) is 0. The highest BCUT2D eigenvalue weighted by atomic mass is 79.9.